The van der Waals surface area contributed by atoms with Crippen LogP contribution in [0.2, 0.25) is 5.02 Å². The number of halogens is 3. The number of aromatic nitrogens is 3. The van der Waals surface area contributed by atoms with Crippen LogP contribution in [0.25, 0.3) is 32.2 Å². The van der Waals surface area contributed by atoms with E-state index in [4.69, 9.17) is 30.8 Å². The van der Waals surface area contributed by atoms with Gasteiger partial charge in [-0.1, -0.05) is 22.9 Å². The summed E-state index contributed by atoms with van der Waals surface area (Å²) in [6.45, 7) is 13.7. The monoisotopic (exact) mass is 771 g/mol. The molecule has 0 bridgehead atoms. The third-order valence-corrected chi connectivity index (χ3v) is 11.2. The first kappa shape index (κ1) is 37.2. The van der Waals surface area contributed by atoms with Crippen LogP contribution < -0.4 is 15.0 Å². The van der Waals surface area contributed by atoms with Crippen molar-refractivity contribution in [3.63, 3.8) is 0 Å². The van der Waals surface area contributed by atoms with Crippen molar-refractivity contribution < 1.29 is 32.6 Å². The molecule has 5 heterocycles. The maximum absolute atomic E-state index is 17.1. The average Bonchev–Trinajstić information content (AvgIpc) is 3.73. The lowest BCUT2D eigenvalue weighted by Crippen LogP contribution is -2.61. The average molecular weight is 772 g/mol. The highest BCUT2D eigenvalue weighted by molar-refractivity contribution is 7.22. The fourth-order valence-electron chi connectivity index (χ4n) is 7.37. The van der Waals surface area contributed by atoms with Crippen molar-refractivity contribution in [1.82, 2.24) is 24.8 Å². The Morgan fingerprint density at radius 1 is 1.02 bits per heavy atom. The zero-order chi connectivity index (χ0) is 38.0. The van der Waals surface area contributed by atoms with Gasteiger partial charge in [0.15, 0.2) is 10.9 Å². The number of anilines is 2. The van der Waals surface area contributed by atoms with E-state index in [1.807, 2.05) is 32.7 Å². The zero-order valence-corrected chi connectivity index (χ0v) is 32.5. The number of carbonyl (C=O) groups is 2. The molecular formula is C37H44ClF2N7O5S. The van der Waals surface area contributed by atoms with Crippen molar-refractivity contribution in [2.24, 2.45) is 0 Å². The summed E-state index contributed by atoms with van der Waals surface area (Å²) in [7, 11) is 1.83. The molecule has 2 aromatic carbocycles. The van der Waals surface area contributed by atoms with Gasteiger partial charge in [0.05, 0.1) is 26.8 Å². The molecule has 4 aromatic rings. The lowest BCUT2D eigenvalue weighted by atomic mass is 9.95. The number of benzene rings is 2. The highest BCUT2D eigenvalue weighted by atomic mass is 35.5. The lowest BCUT2D eigenvalue weighted by Gasteiger charge is -2.44. The summed E-state index contributed by atoms with van der Waals surface area (Å²) in [5.74, 6) is -0.964. The van der Waals surface area contributed by atoms with Crippen molar-refractivity contribution in [3.05, 3.63) is 34.9 Å². The molecule has 0 unspecified atom stereocenters. The van der Waals surface area contributed by atoms with Crippen LogP contribution in [0.15, 0.2) is 18.2 Å². The molecular weight excluding hydrogens is 728 g/mol. The van der Waals surface area contributed by atoms with Crippen molar-refractivity contribution in [2.45, 2.75) is 90.0 Å². The molecule has 0 atom stereocenters. The summed E-state index contributed by atoms with van der Waals surface area (Å²) in [6.07, 6.45) is 3.01. The molecule has 0 aliphatic carbocycles. The summed E-state index contributed by atoms with van der Waals surface area (Å²) < 4.78 is 49.6. The van der Waals surface area contributed by atoms with E-state index < -0.39 is 35.0 Å². The Bertz CT molecular complexity index is 2090. The maximum atomic E-state index is 17.1. The number of likely N-dealkylation sites (N-methyl/N-ethyl adjacent to an activating group) is 1. The quantitative estimate of drug-likeness (QED) is 0.197. The second kappa shape index (κ2) is 13.6. The van der Waals surface area contributed by atoms with Crippen LogP contribution >= 0.6 is 22.9 Å². The first-order valence-electron chi connectivity index (χ1n) is 17.8. The van der Waals surface area contributed by atoms with Crippen LogP contribution in [-0.4, -0.2) is 99.6 Å². The number of carbonyl (C=O) groups excluding carboxylic acids is 2. The molecule has 3 aliphatic heterocycles. The number of nitrogens with zero attached hydrogens (tertiary/aromatic N) is 6. The van der Waals surface area contributed by atoms with E-state index in [1.54, 1.807) is 31.7 Å². The van der Waals surface area contributed by atoms with E-state index in [9.17, 15) is 9.59 Å². The lowest BCUT2D eigenvalue weighted by molar-refractivity contribution is 0.00844. The largest absolute Gasteiger partial charge is 0.461 e. The molecule has 16 heteroatoms. The van der Waals surface area contributed by atoms with Crippen LogP contribution in [0.4, 0.5) is 29.3 Å². The van der Waals surface area contributed by atoms with E-state index in [0.29, 0.717) is 30.9 Å². The van der Waals surface area contributed by atoms with Gasteiger partial charge >= 0.3 is 18.2 Å². The molecule has 2 amide bonds. The molecule has 284 valence electrons. The Balaban J connectivity index is 1.28. The van der Waals surface area contributed by atoms with Crippen LogP contribution in [0.5, 0.6) is 6.01 Å². The molecule has 0 saturated carbocycles. The number of fused-ring (bicyclic) bond motifs is 3. The van der Waals surface area contributed by atoms with Crippen molar-refractivity contribution >= 4 is 67.2 Å². The van der Waals surface area contributed by atoms with Gasteiger partial charge in [0.2, 0.25) is 0 Å². The third-order valence-electron chi connectivity index (χ3n) is 9.89. The highest BCUT2D eigenvalue weighted by Gasteiger charge is 2.45. The molecule has 2 aromatic heterocycles. The van der Waals surface area contributed by atoms with Crippen LogP contribution in [0.1, 0.15) is 67.2 Å². The molecule has 12 nitrogen and oxygen atoms in total. The van der Waals surface area contributed by atoms with Crippen molar-refractivity contribution in [1.29, 1.82) is 0 Å². The number of hydrogen-bond acceptors (Lipinski definition) is 11. The smallest absolute Gasteiger partial charge is 0.413 e. The minimum absolute atomic E-state index is 0.0183. The molecule has 0 radical (unpaired) electrons. The molecule has 0 spiro atoms. The van der Waals surface area contributed by atoms with Gasteiger partial charge in [0.25, 0.3) is 0 Å². The first-order valence-corrected chi connectivity index (χ1v) is 19.0. The first-order chi connectivity index (χ1) is 24.9. The van der Waals surface area contributed by atoms with E-state index >= 15 is 8.78 Å². The number of rotatable bonds is 7. The summed E-state index contributed by atoms with van der Waals surface area (Å²) in [6, 6.07) is 4.07. The molecule has 3 aliphatic rings. The second-order valence-corrected chi connectivity index (χ2v) is 17.5. The molecule has 7 rings (SSSR count). The van der Waals surface area contributed by atoms with Gasteiger partial charge in [-0.25, -0.2) is 23.4 Å². The van der Waals surface area contributed by atoms with Crippen LogP contribution in [0.3, 0.4) is 0 Å². The summed E-state index contributed by atoms with van der Waals surface area (Å²) in [4.78, 5) is 45.0. The third kappa shape index (κ3) is 7.39. The molecule has 3 fully saturated rings. The Hall–Kier alpha value is -4.08. The Morgan fingerprint density at radius 2 is 1.70 bits per heavy atom. The number of nitrogens with one attached hydrogen (secondary N) is 1. The van der Waals surface area contributed by atoms with Gasteiger partial charge in [-0.3, -0.25) is 10.2 Å². The summed E-state index contributed by atoms with van der Waals surface area (Å²) in [5.41, 5.74) is -1.24. The minimum Gasteiger partial charge on any atom is -0.461 e. The van der Waals surface area contributed by atoms with Gasteiger partial charge in [-0.05, 0) is 98.5 Å². The number of amides is 2. The molecule has 3 saturated heterocycles. The number of likely N-dealkylation sites (tertiary alicyclic amines) is 1. The van der Waals surface area contributed by atoms with E-state index in [1.165, 1.54) is 12.1 Å². The predicted molar refractivity (Wildman–Crippen MR) is 201 cm³/mol. The van der Waals surface area contributed by atoms with Crippen LogP contribution in [-0.2, 0) is 9.47 Å². The Morgan fingerprint density at radius 3 is 2.36 bits per heavy atom. The van der Waals surface area contributed by atoms with Gasteiger partial charge in [-0.2, -0.15) is 9.97 Å². The fourth-order valence-corrected chi connectivity index (χ4v) is 8.55. The van der Waals surface area contributed by atoms with Gasteiger partial charge in [0.1, 0.15) is 35.0 Å². The zero-order valence-electron chi connectivity index (χ0n) is 30.9. The van der Waals surface area contributed by atoms with Gasteiger partial charge < -0.3 is 24.0 Å². The van der Waals surface area contributed by atoms with Gasteiger partial charge in [-0.15, -0.1) is 0 Å². The SMILES string of the molecule is CN(c1nc(OCC23CCCN2CCC3)nc2c(F)c(-c3ccc(F)c4sc(NC(=O)OC(C)(C)C)nc34)c(Cl)cc12)C1CN(C(=O)OC(C)(C)C)C1. The van der Waals surface area contributed by atoms with E-state index in [-0.39, 0.29) is 54.6 Å². The highest BCUT2D eigenvalue weighted by Crippen LogP contribution is 2.44. The Labute approximate surface area is 315 Å². The normalized spacial score (nSPS) is 17.6. The summed E-state index contributed by atoms with van der Waals surface area (Å²) >= 11 is 7.79. The number of thiazole rings is 1. The minimum atomic E-state index is -0.764. The standard InChI is InChI=1S/C37H44ClF2N7O5S/c1-35(2,3)51-33(48)44-32-42-28-21(10-11-24(39)29(28)53-32)25-23(38)16-22-27(26(25)40)41-31(50-19-37-12-8-14-47(37)15-9-13-37)43-30(22)45(7)20-17-46(18-20)34(49)52-36(4,5)6/h10-11,16,20H,8-9,12-15,17-19H2,1-7H3,(H,42,44,48). The molecule has 53 heavy (non-hydrogen) atoms. The Kier molecular flexibility index (Phi) is 9.59. The second-order valence-electron chi connectivity index (χ2n) is 16.0. The topological polar surface area (TPSA) is 122 Å². The number of ether oxygens (including phenoxy) is 3. The van der Waals surface area contributed by atoms with Crippen molar-refractivity contribution in [2.75, 3.05) is 50.1 Å². The summed E-state index contributed by atoms with van der Waals surface area (Å²) in [5, 5.41) is 2.99. The van der Waals surface area contributed by atoms with Crippen molar-refractivity contribution in [3.8, 4) is 17.1 Å². The van der Waals surface area contributed by atoms with Crippen LogP contribution in [0, 0.1) is 11.6 Å². The maximum Gasteiger partial charge on any atom is 0.413 e. The number of hydrogen-bond donors (Lipinski definition) is 1. The predicted octanol–water partition coefficient (Wildman–Crippen LogP) is 8.25. The van der Waals surface area contributed by atoms with Gasteiger partial charge in [0, 0.05) is 36.7 Å². The van der Waals surface area contributed by atoms with E-state index in [2.05, 4.69) is 20.2 Å². The van der Waals surface area contributed by atoms with E-state index in [0.717, 1.165) is 50.1 Å². The molecule has 1 N–H and O–H groups in total. The fraction of sp³-hybridized carbons (Fsp3) is 0.541.